The first-order valence-electron chi connectivity index (χ1n) is 5.99. The predicted octanol–water partition coefficient (Wildman–Crippen LogP) is 5.72. The third-order valence-corrected chi connectivity index (χ3v) is 5.10. The number of nitrogens with one attached hydrogen (secondary N) is 1. The highest BCUT2D eigenvalue weighted by molar-refractivity contribution is 9.13. The zero-order chi connectivity index (χ0) is 13.8. The maximum absolute atomic E-state index is 5.89. The van der Waals surface area contributed by atoms with Crippen molar-refractivity contribution >= 4 is 43.5 Å². The molecule has 1 atom stereocenters. The third kappa shape index (κ3) is 4.32. The number of rotatable bonds is 4. The number of hydrogen-bond acceptors (Lipinski definition) is 1. The lowest BCUT2D eigenvalue weighted by atomic mass is 10.1. The first-order valence-corrected chi connectivity index (χ1v) is 7.95. The van der Waals surface area contributed by atoms with Crippen molar-refractivity contribution in [3.8, 4) is 0 Å². The summed E-state index contributed by atoms with van der Waals surface area (Å²) in [5.74, 6) is 0. The molecule has 2 rings (SSSR count). The Labute approximate surface area is 135 Å². The number of halogens is 3. The van der Waals surface area contributed by atoms with Crippen LogP contribution in [-0.4, -0.2) is 0 Å². The van der Waals surface area contributed by atoms with Gasteiger partial charge in [-0.15, -0.1) is 0 Å². The number of benzene rings is 2. The van der Waals surface area contributed by atoms with Gasteiger partial charge in [0, 0.05) is 26.6 Å². The normalized spacial score (nSPS) is 12.4. The fourth-order valence-electron chi connectivity index (χ4n) is 1.79. The molecule has 19 heavy (non-hydrogen) atoms. The highest BCUT2D eigenvalue weighted by atomic mass is 79.9. The van der Waals surface area contributed by atoms with Gasteiger partial charge in [-0.1, -0.05) is 29.8 Å². The minimum atomic E-state index is 0.291. The topological polar surface area (TPSA) is 12.0 Å². The van der Waals surface area contributed by atoms with Crippen LogP contribution in [0.15, 0.2) is 51.4 Å². The van der Waals surface area contributed by atoms with Gasteiger partial charge in [0.1, 0.15) is 0 Å². The molecule has 4 heteroatoms. The molecule has 0 saturated carbocycles. The van der Waals surface area contributed by atoms with Crippen LogP contribution in [0.4, 0.5) is 0 Å². The molecule has 0 fully saturated rings. The molecule has 2 aromatic rings. The van der Waals surface area contributed by atoms with E-state index in [0.717, 1.165) is 20.5 Å². The molecule has 100 valence electrons. The van der Waals surface area contributed by atoms with Crippen LogP contribution in [0.3, 0.4) is 0 Å². The Morgan fingerprint density at radius 2 is 1.74 bits per heavy atom. The molecule has 1 nitrogen and oxygen atoms in total. The SMILES string of the molecule is C[C@@H](NCc1ccc(Br)c(Br)c1)c1ccc(Cl)cc1. The molecule has 1 N–H and O–H groups in total. The van der Waals surface area contributed by atoms with Crippen molar-refractivity contribution in [2.75, 3.05) is 0 Å². The Bertz CT molecular complexity index is 555. The summed E-state index contributed by atoms with van der Waals surface area (Å²) in [6.45, 7) is 2.98. The Kier molecular flexibility index (Phi) is 5.46. The predicted molar refractivity (Wildman–Crippen MR) is 88.5 cm³/mol. The molecule has 0 aromatic heterocycles. The van der Waals surface area contributed by atoms with Gasteiger partial charge >= 0.3 is 0 Å². The van der Waals surface area contributed by atoms with E-state index in [0.29, 0.717) is 6.04 Å². The van der Waals surface area contributed by atoms with Gasteiger partial charge in [0.2, 0.25) is 0 Å². The lowest BCUT2D eigenvalue weighted by Crippen LogP contribution is -2.17. The molecular formula is C15H14Br2ClN. The molecule has 0 spiro atoms. The third-order valence-electron chi connectivity index (χ3n) is 2.97. The van der Waals surface area contributed by atoms with Crippen molar-refractivity contribution in [1.29, 1.82) is 0 Å². The van der Waals surface area contributed by atoms with Crippen LogP contribution in [0.5, 0.6) is 0 Å². The Balaban J connectivity index is 1.98. The summed E-state index contributed by atoms with van der Waals surface area (Å²) in [5, 5.41) is 4.27. The van der Waals surface area contributed by atoms with Crippen molar-refractivity contribution in [3.05, 3.63) is 67.6 Å². The zero-order valence-electron chi connectivity index (χ0n) is 10.5. The van der Waals surface area contributed by atoms with E-state index in [2.05, 4.69) is 68.4 Å². The van der Waals surface area contributed by atoms with Crippen molar-refractivity contribution in [2.24, 2.45) is 0 Å². The van der Waals surface area contributed by atoms with Crippen molar-refractivity contribution < 1.29 is 0 Å². The van der Waals surface area contributed by atoms with E-state index in [4.69, 9.17) is 11.6 Å². The smallest absolute Gasteiger partial charge is 0.0406 e. The average molecular weight is 404 g/mol. The van der Waals surface area contributed by atoms with E-state index in [9.17, 15) is 0 Å². The molecule has 0 aliphatic rings. The number of hydrogen-bond donors (Lipinski definition) is 1. The summed E-state index contributed by atoms with van der Waals surface area (Å²) in [5.41, 5.74) is 2.48. The molecule has 0 heterocycles. The van der Waals surface area contributed by atoms with Crippen LogP contribution in [0.1, 0.15) is 24.1 Å². The fourth-order valence-corrected chi connectivity index (χ4v) is 2.59. The molecular weight excluding hydrogens is 389 g/mol. The monoisotopic (exact) mass is 401 g/mol. The van der Waals surface area contributed by atoms with Crippen LogP contribution in [0, 0.1) is 0 Å². The molecule has 0 bridgehead atoms. The maximum atomic E-state index is 5.89. The summed E-state index contributed by atoms with van der Waals surface area (Å²) in [4.78, 5) is 0. The van der Waals surface area contributed by atoms with E-state index >= 15 is 0 Å². The van der Waals surface area contributed by atoms with Gasteiger partial charge in [-0.3, -0.25) is 0 Å². The largest absolute Gasteiger partial charge is 0.306 e. The van der Waals surface area contributed by atoms with Gasteiger partial charge in [-0.2, -0.15) is 0 Å². The first-order chi connectivity index (χ1) is 9.06. The average Bonchev–Trinajstić information content (AvgIpc) is 2.40. The molecule has 0 amide bonds. The zero-order valence-corrected chi connectivity index (χ0v) is 14.4. The van der Waals surface area contributed by atoms with E-state index < -0.39 is 0 Å². The Morgan fingerprint density at radius 3 is 2.37 bits per heavy atom. The van der Waals surface area contributed by atoms with Crippen molar-refractivity contribution in [3.63, 3.8) is 0 Å². The molecule has 0 radical (unpaired) electrons. The summed E-state index contributed by atoms with van der Waals surface area (Å²) in [6, 6.07) is 14.5. The first kappa shape index (κ1) is 15.0. The van der Waals surface area contributed by atoms with E-state index in [1.165, 1.54) is 11.1 Å². The van der Waals surface area contributed by atoms with Crippen LogP contribution >= 0.6 is 43.5 Å². The fraction of sp³-hybridized carbons (Fsp3) is 0.200. The second-order valence-corrected chi connectivity index (χ2v) is 6.55. The minimum Gasteiger partial charge on any atom is -0.306 e. The van der Waals surface area contributed by atoms with Crippen molar-refractivity contribution in [2.45, 2.75) is 19.5 Å². The van der Waals surface area contributed by atoms with Crippen LogP contribution in [-0.2, 0) is 6.54 Å². The standard InChI is InChI=1S/C15H14Br2ClN/c1-10(12-3-5-13(18)6-4-12)19-9-11-2-7-14(16)15(17)8-11/h2-8,10,19H,9H2,1H3/t10-/m1/s1. The second-order valence-electron chi connectivity index (χ2n) is 4.40. The molecule has 0 unspecified atom stereocenters. The van der Waals surface area contributed by atoms with E-state index in [-0.39, 0.29) is 0 Å². The van der Waals surface area contributed by atoms with Gasteiger partial charge in [0.25, 0.3) is 0 Å². The Morgan fingerprint density at radius 1 is 1.05 bits per heavy atom. The summed E-state index contributed by atoms with van der Waals surface area (Å²) in [6.07, 6.45) is 0. The van der Waals surface area contributed by atoms with Crippen LogP contribution < -0.4 is 5.32 Å². The maximum Gasteiger partial charge on any atom is 0.0406 e. The van der Waals surface area contributed by atoms with Gasteiger partial charge in [-0.25, -0.2) is 0 Å². The summed E-state index contributed by atoms with van der Waals surface area (Å²) >= 11 is 12.9. The Hall–Kier alpha value is -0.350. The van der Waals surface area contributed by atoms with Gasteiger partial charge in [0.05, 0.1) is 0 Å². The van der Waals surface area contributed by atoms with E-state index in [1.807, 2.05) is 18.2 Å². The summed E-state index contributed by atoms with van der Waals surface area (Å²) in [7, 11) is 0. The summed E-state index contributed by atoms with van der Waals surface area (Å²) < 4.78 is 2.15. The quantitative estimate of drug-likeness (QED) is 0.689. The highest BCUT2D eigenvalue weighted by Gasteiger charge is 2.05. The van der Waals surface area contributed by atoms with Gasteiger partial charge in [-0.05, 0) is 74.2 Å². The minimum absolute atomic E-state index is 0.291. The van der Waals surface area contributed by atoms with E-state index in [1.54, 1.807) is 0 Å². The molecule has 0 saturated heterocycles. The van der Waals surface area contributed by atoms with Gasteiger partial charge in [0.15, 0.2) is 0 Å². The molecule has 0 aliphatic heterocycles. The lowest BCUT2D eigenvalue weighted by Gasteiger charge is -2.14. The second kappa shape index (κ2) is 6.89. The molecule has 2 aromatic carbocycles. The lowest BCUT2D eigenvalue weighted by molar-refractivity contribution is 0.574. The van der Waals surface area contributed by atoms with Crippen LogP contribution in [0.25, 0.3) is 0 Å². The van der Waals surface area contributed by atoms with Crippen LogP contribution in [0.2, 0.25) is 5.02 Å². The highest BCUT2D eigenvalue weighted by Crippen LogP contribution is 2.24. The van der Waals surface area contributed by atoms with Gasteiger partial charge < -0.3 is 5.32 Å². The van der Waals surface area contributed by atoms with Crippen molar-refractivity contribution in [1.82, 2.24) is 5.32 Å². The molecule has 0 aliphatic carbocycles.